The summed E-state index contributed by atoms with van der Waals surface area (Å²) < 4.78 is 29.4. The predicted molar refractivity (Wildman–Crippen MR) is 92.4 cm³/mol. The number of allylic oxidation sites excluding steroid dienone is 1. The van der Waals surface area contributed by atoms with Crippen molar-refractivity contribution in [3.63, 3.8) is 0 Å². The number of ether oxygens (including phenoxy) is 3. The monoisotopic (exact) mass is 360 g/mol. The van der Waals surface area contributed by atoms with Crippen molar-refractivity contribution >= 4 is 17.8 Å². The summed E-state index contributed by atoms with van der Waals surface area (Å²) in [6, 6.07) is 9.04. The molecule has 0 saturated carbocycles. The minimum absolute atomic E-state index is 0.218. The average molecular weight is 360 g/mol. The van der Waals surface area contributed by atoms with Crippen LogP contribution in [-0.2, 0) is 4.79 Å². The van der Waals surface area contributed by atoms with Gasteiger partial charge in [-0.05, 0) is 35.9 Å². The van der Waals surface area contributed by atoms with Crippen molar-refractivity contribution in [1.82, 2.24) is 0 Å². The lowest BCUT2D eigenvalue weighted by Gasteiger charge is -2.08. The summed E-state index contributed by atoms with van der Waals surface area (Å²) in [5.41, 5.74) is 0.444. The summed E-state index contributed by atoms with van der Waals surface area (Å²) >= 11 is 0. The minimum atomic E-state index is -1.24. The van der Waals surface area contributed by atoms with Crippen LogP contribution in [0, 0.1) is 5.82 Å². The van der Waals surface area contributed by atoms with Gasteiger partial charge in [-0.2, -0.15) is 0 Å². The smallest absolute Gasteiger partial charge is 0.341 e. The molecule has 0 aliphatic rings. The average Bonchev–Trinajstić information content (AvgIpc) is 2.64. The molecule has 6 nitrogen and oxygen atoms in total. The molecule has 0 bridgehead atoms. The molecular weight excluding hydrogens is 343 g/mol. The molecule has 136 valence electrons. The number of hydrogen-bond acceptors (Lipinski definition) is 5. The number of carboxylic acid groups (broad SMARTS) is 1. The summed E-state index contributed by atoms with van der Waals surface area (Å²) in [6.45, 7) is -0.698. The fraction of sp³-hybridized carbons (Fsp3) is 0.158. The molecule has 2 aromatic rings. The maximum absolute atomic E-state index is 14.3. The molecule has 0 aliphatic heterocycles. The van der Waals surface area contributed by atoms with Crippen LogP contribution in [0.25, 0.3) is 6.08 Å². The molecule has 0 saturated heterocycles. The number of methoxy groups -OCH3 is 2. The van der Waals surface area contributed by atoms with Crippen LogP contribution in [-0.4, -0.2) is 37.7 Å². The van der Waals surface area contributed by atoms with E-state index in [1.165, 1.54) is 44.6 Å². The Kier molecular flexibility index (Phi) is 6.32. The second kappa shape index (κ2) is 8.66. The molecule has 0 fully saturated rings. The molecule has 0 unspecified atom stereocenters. The first-order valence-corrected chi connectivity index (χ1v) is 7.53. The lowest BCUT2D eigenvalue weighted by molar-refractivity contribution is -0.139. The summed E-state index contributed by atoms with van der Waals surface area (Å²) in [7, 11) is 3.01. The zero-order valence-electron chi connectivity index (χ0n) is 14.2. The Bertz CT molecular complexity index is 844. The summed E-state index contributed by atoms with van der Waals surface area (Å²) in [5.74, 6) is -1.98. The van der Waals surface area contributed by atoms with Crippen LogP contribution in [0.1, 0.15) is 15.9 Å². The molecule has 26 heavy (non-hydrogen) atoms. The third kappa shape index (κ3) is 4.60. The van der Waals surface area contributed by atoms with Gasteiger partial charge in [0.15, 0.2) is 35.5 Å². The van der Waals surface area contributed by atoms with Gasteiger partial charge in [0.1, 0.15) is 0 Å². The van der Waals surface area contributed by atoms with E-state index in [9.17, 15) is 14.0 Å². The normalized spacial score (nSPS) is 10.6. The summed E-state index contributed by atoms with van der Waals surface area (Å²) in [5, 5.41) is 8.59. The van der Waals surface area contributed by atoms with Gasteiger partial charge in [0, 0.05) is 0 Å². The minimum Gasteiger partial charge on any atom is -0.493 e. The molecular formula is C19H17FO6. The number of carboxylic acids is 1. The Morgan fingerprint density at radius 3 is 2.46 bits per heavy atom. The van der Waals surface area contributed by atoms with Crippen LogP contribution in [0.2, 0.25) is 0 Å². The van der Waals surface area contributed by atoms with E-state index in [0.717, 1.165) is 0 Å². The molecule has 0 atom stereocenters. The maximum atomic E-state index is 14.3. The van der Waals surface area contributed by atoms with Crippen molar-refractivity contribution in [2.45, 2.75) is 0 Å². The number of benzene rings is 2. The van der Waals surface area contributed by atoms with Gasteiger partial charge >= 0.3 is 5.97 Å². The van der Waals surface area contributed by atoms with Crippen molar-refractivity contribution < 1.29 is 33.3 Å². The van der Waals surface area contributed by atoms with Crippen molar-refractivity contribution in [3.8, 4) is 17.2 Å². The Labute approximate surface area is 149 Å². The quantitative estimate of drug-likeness (QED) is 0.575. The SMILES string of the molecule is COc1ccc(C=CC(=O)c2cccc(OCC(=O)O)c2F)cc1OC. The number of carbonyl (C=O) groups is 2. The van der Waals surface area contributed by atoms with Gasteiger partial charge in [-0.3, -0.25) is 4.79 Å². The van der Waals surface area contributed by atoms with E-state index in [2.05, 4.69) is 0 Å². The van der Waals surface area contributed by atoms with E-state index in [1.54, 1.807) is 18.2 Å². The molecule has 7 heteroatoms. The highest BCUT2D eigenvalue weighted by atomic mass is 19.1. The second-order valence-electron chi connectivity index (χ2n) is 5.11. The highest BCUT2D eigenvalue weighted by Crippen LogP contribution is 2.28. The third-order valence-corrected chi connectivity index (χ3v) is 3.41. The van der Waals surface area contributed by atoms with Crippen LogP contribution in [0.4, 0.5) is 4.39 Å². The zero-order valence-corrected chi connectivity index (χ0v) is 14.2. The van der Waals surface area contributed by atoms with E-state index < -0.39 is 24.2 Å². The molecule has 2 aromatic carbocycles. The van der Waals surface area contributed by atoms with E-state index in [1.807, 2.05) is 0 Å². The van der Waals surface area contributed by atoms with Gasteiger partial charge in [0.05, 0.1) is 19.8 Å². The van der Waals surface area contributed by atoms with Crippen LogP contribution >= 0.6 is 0 Å². The van der Waals surface area contributed by atoms with Crippen LogP contribution in [0.5, 0.6) is 17.2 Å². The largest absolute Gasteiger partial charge is 0.493 e. The summed E-state index contributed by atoms with van der Waals surface area (Å²) in [4.78, 5) is 22.8. The van der Waals surface area contributed by atoms with E-state index in [0.29, 0.717) is 17.1 Å². The topological polar surface area (TPSA) is 82.1 Å². The second-order valence-corrected chi connectivity index (χ2v) is 5.11. The molecule has 2 rings (SSSR count). The molecule has 0 amide bonds. The molecule has 0 radical (unpaired) electrons. The van der Waals surface area contributed by atoms with E-state index in [-0.39, 0.29) is 11.3 Å². The summed E-state index contributed by atoms with van der Waals surface area (Å²) in [6.07, 6.45) is 2.72. The fourth-order valence-corrected chi connectivity index (χ4v) is 2.17. The number of carbonyl (C=O) groups excluding carboxylic acids is 1. The molecule has 0 aliphatic carbocycles. The predicted octanol–water partition coefficient (Wildman–Crippen LogP) is 3.20. The lowest BCUT2D eigenvalue weighted by atomic mass is 10.1. The molecule has 0 spiro atoms. The highest BCUT2D eigenvalue weighted by Gasteiger charge is 2.15. The van der Waals surface area contributed by atoms with Gasteiger partial charge in [-0.15, -0.1) is 0 Å². The lowest BCUT2D eigenvalue weighted by Crippen LogP contribution is -2.11. The van der Waals surface area contributed by atoms with Crippen molar-refractivity contribution in [2.75, 3.05) is 20.8 Å². The van der Waals surface area contributed by atoms with Crippen LogP contribution in [0.15, 0.2) is 42.5 Å². The Balaban J connectivity index is 2.20. The van der Waals surface area contributed by atoms with E-state index in [4.69, 9.17) is 19.3 Å². The first kappa shape index (κ1) is 19.0. The Morgan fingerprint density at radius 2 is 1.81 bits per heavy atom. The number of aliphatic carboxylic acids is 1. The number of halogens is 1. The maximum Gasteiger partial charge on any atom is 0.341 e. The Hall–Kier alpha value is -3.35. The van der Waals surface area contributed by atoms with Crippen molar-refractivity contribution in [3.05, 3.63) is 59.4 Å². The van der Waals surface area contributed by atoms with Gasteiger partial charge in [0.2, 0.25) is 0 Å². The fourth-order valence-electron chi connectivity index (χ4n) is 2.17. The molecule has 1 N–H and O–H groups in total. The van der Waals surface area contributed by atoms with Gasteiger partial charge in [-0.1, -0.05) is 18.2 Å². The Morgan fingerprint density at radius 1 is 1.08 bits per heavy atom. The van der Waals surface area contributed by atoms with Crippen molar-refractivity contribution in [1.29, 1.82) is 0 Å². The number of hydrogen-bond donors (Lipinski definition) is 1. The van der Waals surface area contributed by atoms with E-state index >= 15 is 0 Å². The van der Waals surface area contributed by atoms with Crippen molar-refractivity contribution in [2.24, 2.45) is 0 Å². The first-order chi connectivity index (χ1) is 12.5. The van der Waals surface area contributed by atoms with Gasteiger partial charge in [-0.25, -0.2) is 9.18 Å². The highest BCUT2D eigenvalue weighted by molar-refractivity contribution is 6.07. The van der Waals surface area contributed by atoms with Gasteiger partial charge < -0.3 is 19.3 Å². The third-order valence-electron chi connectivity index (χ3n) is 3.41. The zero-order chi connectivity index (χ0) is 19.1. The standard InChI is InChI=1S/C19H17FO6/c1-24-15-9-7-12(10-17(15)25-2)6-8-14(21)13-4-3-5-16(19(13)20)26-11-18(22)23/h3-10H,11H2,1-2H3,(H,22,23). The van der Waals surface area contributed by atoms with Gasteiger partial charge in [0.25, 0.3) is 0 Å². The number of rotatable bonds is 8. The molecule has 0 heterocycles. The number of ketones is 1. The van der Waals surface area contributed by atoms with Crippen LogP contribution < -0.4 is 14.2 Å². The first-order valence-electron chi connectivity index (χ1n) is 7.53. The van der Waals surface area contributed by atoms with Crippen LogP contribution in [0.3, 0.4) is 0 Å². The molecule has 0 aromatic heterocycles.